The molecule has 0 heterocycles. The van der Waals surface area contributed by atoms with E-state index in [1.54, 1.807) is 5.57 Å². The highest BCUT2D eigenvalue weighted by Gasteiger charge is 2.50. The monoisotopic (exact) mass is 430 g/mol. The van der Waals surface area contributed by atoms with E-state index in [0.29, 0.717) is 36.0 Å². The van der Waals surface area contributed by atoms with E-state index in [4.69, 9.17) is 0 Å². The lowest BCUT2D eigenvalue weighted by molar-refractivity contribution is -0.00642. The molecule has 3 rings (SSSR count). The topological polar surface area (TPSA) is 60.7 Å². The molecule has 31 heavy (non-hydrogen) atoms. The molecule has 3 saturated carbocycles. The highest BCUT2D eigenvalue weighted by Crippen LogP contribution is 2.60. The van der Waals surface area contributed by atoms with Gasteiger partial charge in [0.2, 0.25) is 0 Å². The number of rotatable bonds is 6. The van der Waals surface area contributed by atoms with Gasteiger partial charge in [-0.1, -0.05) is 52.0 Å². The molecule has 176 valence electrons. The van der Waals surface area contributed by atoms with E-state index in [1.165, 1.54) is 25.7 Å². The lowest BCUT2D eigenvalue weighted by atomic mass is 9.60. The number of fused-ring (bicyclic) bond motifs is 1. The van der Waals surface area contributed by atoms with E-state index in [1.807, 2.05) is 6.92 Å². The van der Waals surface area contributed by atoms with Crippen molar-refractivity contribution in [1.29, 1.82) is 0 Å². The maximum atomic E-state index is 10.7. The quantitative estimate of drug-likeness (QED) is 0.488. The van der Waals surface area contributed by atoms with Crippen LogP contribution in [0.5, 0.6) is 0 Å². The highest BCUT2D eigenvalue weighted by molar-refractivity contribution is 5.38. The van der Waals surface area contributed by atoms with Gasteiger partial charge in [0.05, 0.1) is 17.8 Å². The Morgan fingerprint density at radius 2 is 1.90 bits per heavy atom. The minimum Gasteiger partial charge on any atom is -0.393 e. The normalized spacial score (nSPS) is 39.7. The molecule has 0 spiro atoms. The van der Waals surface area contributed by atoms with Gasteiger partial charge in [-0.2, -0.15) is 0 Å². The summed E-state index contributed by atoms with van der Waals surface area (Å²) in [5.41, 5.74) is 3.09. The Balaban J connectivity index is 1.73. The van der Waals surface area contributed by atoms with Gasteiger partial charge in [0, 0.05) is 6.42 Å². The summed E-state index contributed by atoms with van der Waals surface area (Å²) < 4.78 is 0. The molecule has 5 unspecified atom stereocenters. The predicted molar refractivity (Wildman–Crippen MR) is 129 cm³/mol. The van der Waals surface area contributed by atoms with Crippen molar-refractivity contribution in [2.75, 3.05) is 0 Å². The second-order valence-corrected chi connectivity index (χ2v) is 11.7. The molecule has 0 aromatic carbocycles. The molecule has 0 bridgehead atoms. The molecule has 3 fully saturated rings. The average Bonchev–Trinajstić information content (AvgIpc) is 3.05. The van der Waals surface area contributed by atoms with Gasteiger partial charge < -0.3 is 15.3 Å². The highest BCUT2D eigenvalue weighted by atomic mass is 16.3. The summed E-state index contributed by atoms with van der Waals surface area (Å²) >= 11 is 0. The second-order valence-electron chi connectivity index (χ2n) is 11.7. The fourth-order valence-electron chi connectivity index (χ4n) is 6.69. The van der Waals surface area contributed by atoms with Gasteiger partial charge in [-0.05, 0) is 98.5 Å². The maximum absolute atomic E-state index is 10.7. The summed E-state index contributed by atoms with van der Waals surface area (Å²) in [6, 6.07) is 0. The fraction of sp³-hybridized carbons (Fsp3) is 0.786. The molecule has 0 aliphatic heterocycles. The zero-order valence-electron chi connectivity index (χ0n) is 20.5. The van der Waals surface area contributed by atoms with Crippen molar-refractivity contribution in [3.8, 4) is 0 Å². The number of aliphatic hydroxyl groups excluding tert-OH is 2. The molecule has 0 aromatic rings. The molecule has 0 aromatic heterocycles. The molecule has 3 aliphatic rings. The van der Waals surface area contributed by atoms with Crippen LogP contribution in [0.3, 0.4) is 0 Å². The molecule has 3 heteroatoms. The first-order chi connectivity index (χ1) is 14.5. The standard InChI is InChI=1S/C28H46O3/c1-18(2)28(6,31)15-13-19(3)24-11-12-25-21(8-7-14-27(24,25)5)9-10-22-16-23(29)17-26(30)20(22)4/h9-10,18-19,23-26,29-31H,4,7-8,11-17H2,1-3,5-6H3/t19?,23?,24?,25?,26-,27+,28?/m0/s1. The first kappa shape index (κ1) is 24.7. The van der Waals surface area contributed by atoms with E-state index in [9.17, 15) is 15.3 Å². The second kappa shape index (κ2) is 9.53. The summed E-state index contributed by atoms with van der Waals surface area (Å²) in [6.07, 6.45) is 12.5. The molecule has 0 radical (unpaired) electrons. The smallest absolute Gasteiger partial charge is 0.0811 e. The van der Waals surface area contributed by atoms with E-state index < -0.39 is 17.8 Å². The number of aliphatic hydroxyl groups is 3. The molecule has 3 N–H and O–H groups in total. The third kappa shape index (κ3) is 5.20. The van der Waals surface area contributed by atoms with E-state index in [-0.39, 0.29) is 5.92 Å². The largest absolute Gasteiger partial charge is 0.393 e. The van der Waals surface area contributed by atoms with Crippen LogP contribution in [0.1, 0.15) is 92.4 Å². The van der Waals surface area contributed by atoms with Gasteiger partial charge in [0.15, 0.2) is 0 Å². The summed E-state index contributed by atoms with van der Waals surface area (Å²) in [5, 5.41) is 30.9. The van der Waals surface area contributed by atoms with E-state index in [2.05, 4.69) is 46.4 Å². The van der Waals surface area contributed by atoms with Gasteiger partial charge in [-0.25, -0.2) is 0 Å². The Bertz CT molecular complexity index is 716. The molecular formula is C28H46O3. The summed E-state index contributed by atoms with van der Waals surface area (Å²) in [4.78, 5) is 0. The lowest BCUT2D eigenvalue weighted by Gasteiger charge is -2.45. The van der Waals surface area contributed by atoms with Crippen LogP contribution in [0.25, 0.3) is 0 Å². The van der Waals surface area contributed by atoms with E-state index >= 15 is 0 Å². The van der Waals surface area contributed by atoms with Crippen LogP contribution in [0.4, 0.5) is 0 Å². The van der Waals surface area contributed by atoms with Crippen molar-refractivity contribution in [3.05, 3.63) is 35.5 Å². The van der Waals surface area contributed by atoms with Crippen LogP contribution in [0.15, 0.2) is 35.5 Å². The number of hydrogen-bond donors (Lipinski definition) is 3. The van der Waals surface area contributed by atoms with Crippen LogP contribution in [0.2, 0.25) is 0 Å². The minimum absolute atomic E-state index is 0.287. The van der Waals surface area contributed by atoms with Gasteiger partial charge in [-0.15, -0.1) is 0 Å². The van der Waals surface area contributed by atoms with Crippen molar-refractivity contribution >= 4 is 0 Å². The summed E-state index contributed by atoms with van der Waals surface area (Å²) in [6.45, 7) is 15.2. The Morgan fingerprint density at radius 3 is 2.58 bits per heavy atom. The SMILES string of the molecule is C=C1C(=CC=C2CCC[C@@]3(C)C2CCC3C(C)CCC(C)(O)C(C)C)CC(O)C[C@@H]1O. The van der Waals surface area contributed by atoms with Crippen molar-refractivity contribution in [3.63, 3.8) is 0 Å². The molecule has 0 saturated heterocycles. The first-order valence-corrected chi connectivity index (χ1v) is 12.6. The van der Waals surface area contributed by atoms with Crippen molar-refractivity contribution in [1.82, 2.24) is 0 Å². The molecule has 3 aliphatic carbocycles. The zero-order valence-corrected chi connectivity index (χ0v) is 20.5. The van der Waals surface area contributed by atoms with Gasteiger partial charge in [0.25, 0.3) is 0 Å². The molecule has 3 nitrogen and oxygen atoms in total. The van der Waals surface area contributed by atoms with Crippen LogP contribution in [0, 0.1) is 29.1 Å². The number of allylic oxidation sites excluding steroid dienone is 3. The van der Waals surface area contributed by atoms with Crippen LogP contribution < -0.4 is 0 Å². The summed E-state index contributed by atoms with van der Waals surface area (Å²) in [5.74, 6) is 2.25. The Morgan fingerprint density at radius 1 is 1.19 bits per heavy atom. The van der Waals surface area contributed by atoms with Gasteiger partial charge >= 0.3 is 0 Å². The van der Waals surface area contributed by atoms with Crippen molar-refractivity contribution < 1.29 is 15.3 Å². The fourth-order valence-corrected chi connectivity index (χ4v) is 6.69. The molecule has 0 amide bonds. The van der Waals surface area contributed by atoms with Crippen LogP contribution >= 0.6 is 0 Å². The number of hydrogen-bond acceptors (Lipinski definition) is 3. The molecule has 7 atom stereocenters. The minimum atomic E-state index is -0.621. The Kier molecular flexibility index (Phi) is 7.61. The Labute approximate surface area is 190 Å². The Hall–Kier alpha value is -0.900. The zero-order chi connectivity index (χ0) is 23.0. The molecular weight excluding hydrogens is 384 g/mol. The van der Waals surface area contributed by atoms with Crippen molar-refractivity contribution in [2.24, 2.45) is 29.1 Å². The van der Waals surface area contributed by atoms with Crippen LogP contribution in [-0.2, 0) is 0 Å². The van der Waals surface area contributed by atoms with Crippen molar-refractivity contribution in [2.45, 2.75) is 110 Å². The summed E-state index contributed by atoms with van der Waals surface area (Å²) in [7, 11) is 0. The predicted octanol–water partition coefficient (Wildman–Crippen LogP) is 5.95. The van der Waals surface area contributed by atoms with Crippen LogP contribution in [-0.4, -0.2) is 33.1 Å². The lowest BCUT2D eigenvalue weighted by Crippen LogP contribution is -2.37. The third-order valence-corrected chi connectivity index (χ3v) is 9.34. The third-order valence-electron chi connectivity index (χ3n) is 9.34. The van der Waals surface area contributed by atoms with Gasteiger partial charge in [-0.3, -0.25) is 0 Å². The van der Waals surface area contributed by atoms with Gasteiger partial charge in [0.1, 0.15) is 0 Å². The average molecular weight is 431 g/mol. The first-order valence-electron chi connectivity index (χ1n) is 12.6. The van der Waals surface area contributed by atoms with E-state index in [0.717, 1.165) is 30.4 Å². The maximum Gasteiger partial charge on any atom is 0.0811 e.